The molecule has 0 unspecified atom stereocenters. The monoisotopic (exact) mass is 178 g/mol. The van der Waals surface area contributed by atoms with Crippen molar-refractivity contribution in [2.45, 2.75) is 32.1 Å². The van der Waals surface area contributed by atoms with Crippen LogP contribution in [-0.2, 0) is 0 Å². The molecule has 70 valence electrons. The van der Waals surface area contributed by atoms with Gasteiger partial charge in [-0.2, -0.15) is 0 Å². The Hall–Kier alpha value is -0.850. The van der Waals surface area contributed by atoms with E-state index in [1.165, 1.54) is 24.8 Å². The second-order valence-corrected chi connectivity index (χ2v) is 4.17. The van der Waals surface area contributed by atoms with E-state index in [9.17, 15) is 4.39 Å². The molecule has 1 aliphatic rings. The Morgan fingerprint density at radius 1 is 1.15 bits per heavy atom. The van der Waals surface area contributed by atoms with Gasteiger partial charge in [-0.05, 0) is 42.4 Å². The molecule has 2 atom stereocenters. The molecule has 0 aliphatic heterocycles. The molecule has 0 heterocycles. The van der Waals surface area contributed by atoms with Crippen molar-refractivity contribution in [1.82, 2.24) is 0 Å². The first-order valence-corrected chi connectivity index (χ1v) is 5.01. The first-order valence-electron chi connectivity index (χ1n) is 5.01. The molecule has 0 radical (unpaired) electrons. The minimum absolute atomic E-state index is 0.130. The van der Waals surface area contributed by atoms with Gasteiger partial charge in [0.2, 0.25) is 0 Å². The Kier molecular flexibility index (Phi) is 2.34. The lowest BCUT2D eigenvalue weighted by atomic mass is 9.97. The van der Waals surface area contributed by atoms with Crippen LogP contribution in [0.25, 0.3) is 0 Å². The van der Waals surface area contributed by atoms with Crippen molar-refractivity contribution in [3.8, 4) is 0 Å². The van der Waals surface area contributed by atoms with Crippen LogP contribution in [0.15, 0.2) is 24.3 Å². The molecule has 0 N–H and O–H groups in total. The van der Waals surface area contributed by atoms with Crippen molar-refractivity contribution in [3.63, 3.8) is 0 Å². The molecule has 0 amide bonds. The molecule has 0 nitrogen and oxygen atoms in total. The maximum Gasteiger partial charge on any atom is 0.123 e. The highest BCUT2D eigenvalue weighted by Crippen LogP contribution is 2.37. The minimum atomic E-state index is -0.130. The van der Waals surface area contributed by atoms with E-state index in [2.05, 4.69) is 6.92 Å². The normalized spacial score (nSPS) is 27.8. The third-order valence-electron chi connectivity index (χ3n) is 3.04. The van der Waals surface area contributed by atoms with E-state index in [1.54, 1.807) is 12.1 Å². The van der Waals surface area contributed by atoms with Gasteiger partial charge in [0.15, 0.2) is 0 Å². The molecule has 13 heavy (non-hydrogen) atoms. The van der Waals surface area contributed by atoms with Crippen molar-refractivity contribution in [2.75, 3.05) is 0 Å². The summed E-state index contributed by atoms with van der Waals surface area (Å²) in [6.45, 7) is 2.30. The molecule has 1 aromatic rings. The van der Waals surface area contributed by atoms with Gasteiger partial charge >= 0.3 is 0 Å². The van der Waals surface area contributed by atoms with E-state index in [0.29, 0.717) is 5.92 Å². The van der Waals surface area contributed by atoms with Crippen molar-refractivity contribution in [1.29, 1.82) is 0 Å². The van der Waals surface area contributed by atoms with E-state index in [0.717, 1.165) is 5.92 Å². The van der Waals surface area contributed by atoms with Gasteiger partial charge in [-0.3, -0.25) is 0 Å². The molecule has 1 saturated carbocycles. The van der Waals surface area contributed by atoms with Gasteiger partial charge in [0.25, 0.3) is 0 Å². The van der Waals surface area contributed by atoms with Gasteiger partial charge in [-0.1, -0.05) is 25.5 Å². The molecule has 1 aromatic carbocycles. The average molecular weight is 178 g/mol. The highest BCUT2D eigenvalue weighted by atomic mass is 19.1. The first-order chi connectivity index (χ1) is 6.25. The zero-order valence-electron chi connectivity index (χ0n) is 7.96. The van der Waals surface area contributed by atoms with E-state index in [-0.39, 0.29) is 5.82 Å². The van der Waals surface area contributed by atoms with Gasteiger partial charge in [0, 0.05) is 0 Å². The standard InChI is InChI=1S/C12H15F/c1-9-2-3-11(8-9)10-4-6-12(13)7-5-10/h4-7,9,11H,2-3,8H2,1H3/t9-,11+/m1/s1. The van der Waals surface area contributed by atoms with Crippen LogP contribution < -0.4 is 0 Å². The summed E-state index contributed by atoms with van der Waals surface area (Å²) in [6, 6.07) is 6.99. The number of benzene rings is 1. The summed E-state index contributed by atoms with van der Waals surface area (Å²) in [4.78, 5) is 0. The average Bonchev–Trinajstić information content (AvgIpc) is 2.53. The summed E-state index contributed by atoms with van der Waals surface area (Å²) in [5, 5.41) is 0. The van der Waals surface area contributed by atoms with Crippen LogP contribution in [-0.4, -0.2) is 0 Å². The Bertz CT molecular complexity index is 276. The lowest BCUT2D eigenvalue weighted by Crippen LogP contribution is -1.93. The van der Waals surface area contributed by atoms with E-state index in [4.69, 9.17) is 0 Å². The lowest BCUT2D eigenvalue weighted by Gasteiger charge is -2.09. The van der Waals surface area contributed by atoms with E-state index in [1.807, 2.05) is 12.1 Å². The maximum atomic E-state index is 12.7. The van der Waals surface area contributed by atoms with Crippen LogP contribution in [0.5, 0.6) is 0 Å². The quantitative estimate of drug-likeness (QED) is 0.614. The van der Waals surface area contributed by atoms with Gasteiger partial charge in [-0.15, -0.1) is 0 Å². The largest absolute Gasteiger partial charge is 0.207 e. The van der Waals surface area contributed by atoms with E-state index < -0.39 is 0 Å². The minimum Gasteiger partial charge on any atom is -0.207 e. The molecular weight excluding hydrogens is 163 g/mol. The second kappa shape index (κ2) is 3.49. The molecule has 2 rings (SSSR count). The van der Waals surface area contributed by atoms with Gasteiger partial charge in [0.1, 0.15) is 5.82 Å². The lowest BCUT2D eigenvalue weighted by molar-refractivity contribution is 0.594. The third kappa shape index (κ3) is 1.90. The van der Waals surface area contributed by atoms with Crippen molar-refractivity contribution in [3.05, 3.63) is 35.6 Å². The SMILES string of the molecule is C[C@@H]1CC[C@H](c2ccc(F)cc2)C1. The zero-order valence-corrected chi connectivity index (χ0v) is 7.96. The smallest absolute Gasteiger partial charge is 0.123 e. The fraction of sp³-hybridized carbons (Fsp3) is 0.500. The molecule has 0 bridgehead atoms. The van der Waals surface area contributed by atoms with Crippen LogP contribution in [0.2, 0.25) is 0 Å². The summed E-state index contributed by atoms with van der Waals surface area (Å²) in [7, 11) is 0. The summed E-state index contributed by atoms with van der Waals surface area (Å²) in [5.74, 6) is 1.39. The Balaban J connectivity index is 2.13. The fourth-order valence-corrected chi connectivity index (χ4v) is 2.24. The van der Waals surface area contributed by atoms with Gasteiger partial charge in [0.05, 0.1) is 0 Å². The first kappa shape index (κ1) is 8.74. The molecule has 0 saturated heterocycles. The number of hydrogen-bond donors (Lipinski definition) is 0. The Morgan fingerprint density at radius 2 is 1.85 bits per heavy atom. The Labute approximate surface area is 78.8 Å². The highest BCUT2D eigenvalue weighted by Gasteiger charge is 2.22. The number of rotatable bonds is 1. The van der Waals surface area contributed by atoms with E-state index >= 15 is 0 Å². The van der Waals surface area contributed by atoms with Crippen molar-refractivity contribution >= 4 is 0 Å². The molecule has 0 aromatic heterocycles. The van der Waals surface area contributed by atoms with Crippen LogP contribution in [0.4, 0.5) is 4.39 Å². The van der Waals surface area contributed by atoms with Gasteiger partial charge in [-0.25, -0.2) is 4.39 Å². The molecular formula is C12H15F. The maximum absolute atomic E-state index is 12.7. The predicted octanol–water partition coefficient (Wildman–Crippen LogP) is 3.73. The zero-order chi connectivity index (χ0) is 9.26. The molecule has 1 fully saturated rings. The van der Waals surface area contributed by atoms with Gasteiger partial charge < -0.3 is 0 Å². The number of halogens is 1. The third-order valence-corrected chi connectivity index (χ3v) is 3.04. The molecule has 0 spiro atoms. The van der Waals surface area contributed by atoms with Crippen LogP contribution >= 0.6 is 0 Å². The summed E-state index contributed by atoms with van der Waals surface area (Å²) < 4.78 is 12.7. The predicted molar refractivity (Wildman–Crippen MR) is 52.2 cm³/mol. The molecule has 1 heteroatoms. The molecule has 1 aliphatic carbocycles. The van der Waals surface area contributed by atoms with Crippen LogP contribution in [0.3, 0.4) is 0 Å². The summed E-state index contributed by atoms with van der Waals surface area (Å²) in [5.41, 5.74) is 1.31. The summed E-state index contributed by atoms with van der Waals surface area (Å²) >= 11 is 0. The van der Waals surface area contributed by atoms with Crippen LogP contribution in [0, 0.1) is 11.7 Å². The second-order valence-electron chi connectivity index (χ2n) is 4.17. The Morgan fingerprint density at radius 3 is 2.38 bits per heavy atom. The number of hydrogen-bond acceptors (Lipinski definition) is 0. The van der Waals surface area contributed by atoms with Crippen LogP contribution in [0.1, 0.15) is 37.7 Å². The summed E-state index contributed by atoms with van der Waals surface area (Å²) in [6.07, 6.45) is 3.86. The fourth-order valence-electron chi connectivity index (χ4n) is 2.24. The highest BCUT2D eigenvalue weighted by molar-refractivity contribution is 5.21. The van der Waals surface area contributed by atoms with Crippen molar-refractivity contribution < 1.29 is 4.39 Å². The van der Waals surface area contributed by atoms with Crippen molar-refractivity contribution in [2.24, 2.45) is 5.92 Å². The topological polar surface area (TPSA) is 0 Å².